The summed E-state index contributed by atoms with van der Waals surface area (Å²) in [6.45, 7) is 0.467. The van der Waals surface area contributed by atoms with Crippen molar-refractivity contribution >= 4 is 5.91 Å². The number of carbonyl (C=O) groups is 1. The Kier molecular flexibility index (Phi) is 4.29. The highest BCUT2D eigenvalue weighted by atomic mass is 16.5. The fraction of sp³-hybridized carbons (Fsp3) is 0.400. The largest absolute Gasteiger partial charge is 0.504 e. The van der Waals surface area contributed by atoms with Crippen molar-refractivity contribution in [3.05, 3.63) is 35.9 Å². The van der Waals surface area contributed by atoms with Gasteiger partial charge in [0, 0.05) is 19.6 Å². The molecule has 0 spiro atoms. The summed E-state index contributed by atoms with van der Waals surface area (Å²) in [6.07, 6.45) is 4.42. The minimum absolute atomic E-state index is 0.0221. The highest BCUT2D eigenvalue weighted by molar-refractivity contribution is 5.81. The van der Waals surface area contributed by atoms with Gasteiger partial charge in [-0.25, -0.2) is 0 Å². The number of nitrogens with two attached hydrogens (primary N) is 1. The normalized spacial score (nSPS) is 20.9. The molecule has 0 aliphatic heterocycles. The van der Waals surface area contributed by atoms with Crippen LogP contribution in [0.5, 0.6) is 11.5 Å². The molecule has 20 heavy (non-hydrogen) atoms. The van der Waals surface area contributed by atoms with Crippen LogP contribution in [0.25, 0.3) is 0 Å². The summed E-state index contributed by atoms with van der Waals surface area (Å²) in [5.74, 6) is 0.427. The van der Waals surface area contributed by atoms with Crippen molar-refractivity contribution in [2.24, 2.45) is 11.7 Å². The SMILES string of the molecule is COc1cc(CN(C)C(=O)C2C=CC(N)C2)ccc1O. The number of methoxy groups -OCH3 is 1. The van der Waals surface area contributed by atoms with E-state index in [1.807, 2.05) is 12.2 Å². The van der Waals surface area contributed by atoms with Crippen LogP contribution in [-0.4, -0.2) is 36.1 Å². The van der Waals surface area contributed by atoms with Gasteiger partial charge in [0.2, 0.25) is 5.91 Å². The number of rotatable bonds is 4. The third-order valence-electron chi connectivity index (χ3n) is 3.47. The Balaban J connectivity index is 2.02. The van der Waals surface area contributed by atoms with E-state index in [1.54, 1.807) is 30.1 Å². The number of benzene rings is 1. The number of amides is 1. The van der Waals surface area contributed by atoms with E-state index in [1.165, 1.54) is 7.11 Å². The van der Waals surface area contributed by atoms with Crippen molar-refractivity contribution in [3.8, 4) is 11.5 Å². The molecule has 0 aromatic heterocycles. The first-order valence-electron chi connectivity index (χ1n) is 6.56. The van der Waals surface area contributed by atoms with E-state index < -0.39 is 0 Å². The Labute approximate surface area is 118 Å². The molecule has 3 N–H and O–H groups in total. The predicted octanol–water partition coefficient (Wildman–Crippen LogP) is 1.26. The number of nitrogens with zero attached hydrogens (tertiary/aromatic N) is 1. The van der Waals surface area contributed by atoms with Crippen LogP contribution in [0, 0.1) is 5.92 Å². The van der Waals surface area contributed by atoms with E-state index in [0.29, 0.717) is 18.7 Å². The van der Waals surface area contributed by atoms with Gasteiger partial charge in [-0.3, -0.25) is 4.79 Å². The summed E-state index contributed by atoms with van der Waals surface area (Å²) < 4.78 is 5.06. The van der Waals surface area contributed by atoms with Crippen LogP contribution in [0.1, 0.15) is 12.0 Å². The number of phenolic OH excluding ortho intramolecular Hbond substituents is 1. The van der Waals surface area contributed by atoms with Gasteiger partial charge in [-0.05, 0) is 24.1 Å². The third-order valence-corrected chi connectivity index (χ3v) is 3.47. The number of carbonyl (C=O) groups excluding carboxylic acids is 1. The van der Waals surface area contributed by atoms with Gasteiger partial charge in [-0.2, -0.15) is 0 Å². The van der Waals surface area contributed by atoms with Crippen LogP contribution in [0.2, 0.25) is 0 Å². The molecule has 1 aliphatic carbocycles. The van der Waals surface area contributed by atoms with Gasteiger partial charge in [0.1, 0.15) is 0 Å². The summed E-state index contributed by atoms with van der Waals surface area (Å²) in [5, 5.41) is 9.55. The molecule has 5 nitrogen and oxygen atoms in total. The summed E-state index contributed by atoms with van der Waals surface area (Å²) in [7, 11) is 3.26. The van der Waals surface area contributed by atoms with E-state index >= 15 is 0 Å². The molecule has 0 bridgehead atoms. The monoisotopic (exact) mass is 276 g/mol. The molecule has 1 aromatic rings. The van der Waals surface area contributed by atoms with E-state index in [4.69, 9.17) is 10.5 Å². The molecule has 2 atom stereocenters. The molecule has 0 heterocycles. The number of phenols is 1. The van der Waals surface area contributed by atoms with E-state index in [2.05, 4.69) is 0 Å². The van der Waals surface area contributed by atoms with E-state index in [-0.39, 0.29) is 23.6 Å². The Hall–Kier alpha value is -2.01. The van der Waals surface area contributed by atoms with Crippen LogP contribution < -0.4 is 10.5 Å². The number of aromatic hydroxyl groups is 1. The number of ether oxygens (including phenoxy) is 1. The molecule has 2 rings (SSSR count). The summed E-state index contributed by atoms with van der Waals surface area (Å²) in [5.41, 5.74) is 6.67. The van der Waals surface area contributed by atoms with E-state index in [9.17, 15) is 9.90 Å². The Morgan fingerprint density at radius 3 is 2.85 bits per heavy atom. The second-order valence-corrected chi connectivity index (χ2v) is 5.09. The average molecular weight is 276 g/mol. The molecular weight excluding hydrogens is 256 g/mol. The van der Waals surface area contributed by atoms with E-state index in [0.717, 1.165) is 5.56 Å². The van der Waals surface area contributed by atoms with Crippen molar-refractivity contribution in [3.63, 3.8) is 0 Å². The van der Waals surface area contributed by atoms with Crippen LogP contribution in [0.15, 0.2) is 30.4 Å². The maximum Gasteiger partial charge on any atom is 0.229 e. The van der Waals surface area contributed by atoms with Crippen LogP contribution in [0.4, 0.5) is 0 Å². The van der Waals surface area contributed by atoms with Crippen LogP contribution in [0.3, 0.4) is 0 Å². The van der Waals surface area contributed by atoms with Gasteiger partial charge in [0.05, 0.1) is 13.0 Å². The Morgan fingerprint density at radius 2 is 2.25 bits per heavy atom. The average Bonchev–Trinajstić information content (AvgIpc) is 2.86. The van der Waals surface area contributed by atoms with Crippen molar-refractivity contribution in [2.75, 3.05) is 14.2 Å². The van der Waals surface area contributed by atoms with Crippen molar-refractivity contribution in [1.82, 2.24) is 4.90 Å². The van der Waals surface area contributed by atoms with Crippen molar-refractivity contribution in [1.29, 1.82) is 0 Å². The maximum atomic E-state index is 12.3. The lowest BCUT2D eigenvalue weighted by Crippen LogP contribution is -2.32. The Morgan fingerprint density at radius 1 is 1.50 bits per heavy atom. The lowest BCUT2D eigenvalue weighted by Gasteiger charge is -2.21. The standard InChI is InChI=1S/C15H20N2O3/c1-17(15(19)11-4-5-12(16)8-11)9-10-3-6-13(18)14(7-10)20-2/h3-7,11-12,18H,8-9,16H2,1-2H3. The van der Waals surface area contributed by atoms with Crippen molar-refractivity contribution < 1.29 is 14.6 Å². The summed E-state index contributed by atoms with van der Waals surface area (Å²) >= 11 is 0. The first-order chi connectivity index (χ1) is 9.51. The highest BCUT2D eigenvalue weighted by Gasteiger charge is 2.25. The molecule has 5 heteroatoms. The van der Waals surface area contributed by atoms with Gasteiger partial charge in [-0.15, -0.1) is 0 Å². The second-order valence-electron chi connectivity index (χ2n) is 5.09. The second kappa shape index (κ2) is 5.96. The zero-order valence-corrected chi connectivity index (χ0v) is 11.7. The number of hydrogen-bond donors (Lipinski definition) is 2. The fourth-order valence-electron chi connectivity index (χ4n) is 2.37. The molecule has 1 aliphatic rings. The first kappa shape index (κ1) is 14.4. The quantitative estimate of drug-likeness (QED) is 0.812. The molecule has 108 valence electrons. The van der Waals surface area contributed by atoms with Gasteiger partial charge >= 0.3 is 0 Å². The third kappa shape index (κ3) is 3.11. The minimum Gasteiger partial charge on any atom is -0.504 e. The van der Waals surface area contributed by atoms with Crippen LogP contribution in [-0.2, 0) is 11.3 Å². The number of hydrogen-bond acceptors (Lipinski definition) is 4. The zero-order valence-electron chi connectivity index (χ0n) is 11.7. The predicted molar refractivity (Wildman–Crippen MR) is 76.4 cm³/mol. The van der Waals surface area contributed by atoms with Gasteiger partial charge < -0.3 is 20.5 Å². The zero-order chi connectivity index (χ0) is 14.7. The molecule has 0 radical (unpaired) electrons. The molecule has 1 amide bonds. The van der Waals surface area contributed by atoms with Gasteiger partial charge in [0.15, 0.2) is 11.5 Å². The first-order valence-corrected chi connectivity index (χ1v) is 6.56. The topological polar surface area (TPSA) is 75.8 Å². The van der Waals surface area contributed by atoms with Crippen LogP contribution >= 0.6 is 0 Å². The summed E-state index contributed by atoms with van der Waals surface area (Å²) in [6, 6.07) is 5.05. The smallest absolute Gasteiger partial charge is 0.229 e. The maximum absolute atomic E-state index is 12.3. The fourth-order valence-corrected chi connectivity index (χ4v) is 2.37. The summed E-state index contributed by atoms with van der Waals surface area (Å²) in [4.78, 5) is 13.9. The lowest BCUT2D eigenvalue weighted by molar-refractivity contribution is -0.133. The Bertz CT molecular complexity index is 528. The molecule has 2 unspecified atom stereocenters. The van der Waals surface area contributed by atoms with Crippen molar-refractivity contribution in [2.45, 2.75) is 19.0 Å². The molecule has 0 saturated carbocycles. The van der Waals surface area contributed by atoms with Gasteiger partial charge in [-0.1, -0.05) is 18.2 Å². The lowest BCUT2D eigenvalue weighted by atomic mass is 10.1. The molecule has 0 saturated heterocycles. The molecule has 0 fully saturated rings. The molecular formula is C15H20N2O3. The van der Waals surface area contributed by atoms with Gasteiger partial charge in [0.25, 0.3) is 0 Å². The minimum atomic E-state index is -0.131. The highest BCUT2D eigenvalue weighted by Crippen LogP contribution is 2.27. The molecule has 1 aromatic carbocycles.